The van der Waals surface area contributed by atoms with Crippen molar-refractivity contribution in [1.29, 1.82) is 0 Å². The third-order valence-electron chi connectivity index (χ3n) is 1.28. The third kappa shape index (κ3) is 2.21. The molecular weight excluding hydrogens is 211 g/mol. The zero-order chi connectivity index (χ0) is 9.28. The molecule has 1 unspecified atom stereocenters. The second-order valence-electron chi connectivity index (χ2n) is 2.14. The molecule has 0 heterocycles. The van der Waals surface area contributed by atoms with Crippen molar-refractivity contribution in [3.05, 3.63) is 0 Å². The minimum absolute atomic E-state index is 0.190. The van der Waals surface area contributed by atoms with Crippen LogP contribution in [-0.2, 0) is 9.84 Å². The highest BCUT2D eigenvalue weighted by molar-refractivity contribution is 7.95. The maximum atomic E-state index is 11.0. The van der Waals surface area contributed by atoms with Gasteiger partial charge in [0.25, 0.3) is 0 Å². The molecule has 68 valence electrons. The maximum absolute atomic E-state index is 11.0. The lowest BCUT2D eigenvalue weighted by Crippen LogP contribution is -2.38. The molecule has 0 aliphatic heterocycles. The fourth-order valence-corrected chi connectivity index (χ4v) is 2.01. The molecule has 1 N–H and O–H groups in total. The fourth-order valence-electron chi connectivity index (χ4n) is 0.452. The monoisotopic (exact) mass is 220 g/mol. The van der Waals surface area contributed by atoms with Crippen LogP contribution in [0, 0.1) is 0 Å². The Morgan fingerprint density at radius 2 is 1.91 bits per heavy atom. The first-order chi connectivity index (χ1) is 4.75. The summed E-state index contributed by atoms with van der Waals surface area (Å²) in [6, 6.07) is 0. The highest BCUT2D eigenvalue weighted by Gasteiger charge is 2.43. The summed E-state index contributed by atoms with van der Waals surface area (Å²) in [6.07, 6.45) is -1.30. The lowest BCUT2D eigenvalue weighted by atomic mass is 10.5. The molecule has 0 fully saturated rings. The summed E-state index contributed by atoms with van der Waals surface area (Å²) in [7, 11) is -3.62. The van der Waals surface area contributed by atoms with Gasteiger partial charge in [0.2, 0.25) is 3.67 Å². The second kappa shape index (κ2) is 3.47. The molecular formula is C5H10Cl2O3S. The van der Waals surface area contributed by atoms with Crippen LogP contribution in [0.25, 0.3) is 0 Å². The highest BCUT2D eigenvalue weighted by Crippen LogP contribution is 2.32. The molecule has 0 aromatic rings. The molecule has 0 amide bonds. The molecule has 0 spiro atoms. The van der Waals surface area contributed by atoms with Gasteiger partial charge in [-0.15, -0.1) is 0 Å². The predicted molar refractivity (Wildman–Crippen MR) is 45.6 cm³/mol. The van der Waals surface area contributed by atoms with Crippen molar-refractivity contribution in [3.63, 3.8) is 0 Å². The van der Waals surface area contributed by atoms with Gasteiger partial charge in [-0.3, -0.25) is 0 Å². The van der Waals surface area contributed by atoms with Crippen molar-refractivity contribution in [3.8, 4) is 0 Å². The normalized spacial score (nSPS) is 16.5. The molecule has 6 heteroatoms. The van der Waals surface area contributed by atoms with Crippen molar-refractivity contribution < 1.29 is 13.5 Å². The van der Waals surface area contributed by atoms with Gasteiger partial charge in [-0.05, 0) is 6.92 Å². The third-order valence-corrected chi connectivity index (χ3v) is 5.25. The second-order valence-corrected chi connectivity index (χ2v) is 6.43. The van der Waals surface area contributed by atoms with Crippen LogP contribution in [0.1, 0.15) is 13.8 Å². The van der Waals surface area contributed by atoms with Crippen molar-refractivity contribution in [1.82, 2.24) is 0 Å². The summed E-state index contributed by atoms with van der Waals surface area (Å²) < 4.78 is 20.0. The van der Waals surface area contributed by atoms with Crippen LogP contribution in [0.15, 0.2) is 0 Å². The van der Waals surface area contributed by atoms with Crippen LogP contribution in [0.5, 0.6) is 0 Å². The molecule has 0 aromatic carbocycles. The first-order valence-electron chi connectivity index (χ1n) is 3.04. The van der Waals surface area contributed by atoms with E-state index < -0.39 is 19.6 Å². The lowest BCUT2D eigenvalue weighted by Gasteiger charge is -2.21. The number of halogens is 2. The van der Waals surface area contributed by atoms with E-state index in [1.54, 1.807) is 0 Å². The van der Waals surface area contributed by atoms with Crippen molar-refractivity contribution in [2.75, 3.05) is 5.75 Å². The zero-order valence-electron chi connectivity index (χ0n) is 6.21. The van der Waals surface area contributed by atoms with Gasteiger partial charge in [0, 0.05) is 0 Å². The Balaban J connectivity index is 4.85. The number of alkyl halides is 2. The molecule has 0 aliphatic rings. The fraction of sp³-hybridized carbons (Fsp3) is 1.00. The Morgan fingerprint density at radius 1 is 1.55 bits per heavy atom. The van der Waals surface area contributed by atoms with E-state index in [0.717, 1.165) is 0 Å². The summed E-state index contributed by atoms with van der Waals surface area (Å²) in [5.74, 6) is -0.190. The van der Waals surface area contributed by atoms with Crippen LogP contribution in [-0.4, -0.2) is 29.0 Å². The van der Waals surface area contributed by atoms with E-state index in [1.807, 2.05) is 0 Å². The summed E-state index contributed by atoms with van der Waals surface area (Å²) in [5, 5.41) is 8.90. The molecule has 0 aromatic heterocycles. The SMILES string of the molecule is CCS(=O)(=O)C(Cl)(Cl)C(C)O. The summed E-state index contributed by atoms with van der Waals surface area (Å²) in [6.45, 7) is 2.64. The number of sulfone groups is 1. The van der Waals surface area contributed by atoms with Crippen molar-refractivity contribution in [2.24, 2.45) is 0 Å². The van der Waals surface area contributed by atoms with Crippen molar-refractivity contribution >= 4 is 33.0 Å². The standard InChI is InChI=1S/C5H10Cl2O3S/c1-3-11(9,10)5(6,7)4(2)8/h4,8H,3H2,1-2H3. The number of rotatable bonds is 3. The number of hydrogen-bond donors (Lipinski definition) is 1. The Bertz CT molecular complexity index is 220. The lowest BCUT2D eigenvalue weighted by molar-refractivity contribution is 0.198. The van der Waals surface area contributed by atoms with E-state index >= 15 is 0 Å². The van der Waals surface area contributed by atoms with Gasteiger partial charge in [-0.25, -0.2) is 8.42 Å². The minimum Gasteiger partial charge on any atom is -0.389 e. The average molecular weight is 221 g/mol. The van der Waals surface area contributed by atoms with E-state index in [4.69, 9.17) is 28.3 Å². The van der Waals surface area contributed by atoms with Crippen LogP contribution < -0.4 is 0 Å². The van der Waals surface area contributed by atoms with E-state index in [1.165, 1.54) is 13.8 Å². The molecule has 0 radical (unpaired) electrons. The van der Waals surface area contributed by atoms with E-state index in [-0.39, 0.29) is 5.75 Å². The van der Waals surface area contributed by atoms with Crippen LogP contribution in [0.2, 0.25) is 0 Å². The maximum Gasteiger partial charge on any atom is 0.243 e. The van der Waals surface area contributed by atoms with Gasteiger partial charge >= 0.3 is 0 Å². The van der Waals surface area contributed by atoms with Gasteiger partial charge in [-0.1, -0.05) is 30.1 Å². The Kier molecular flexibility index (Phi) is 3.63. The molecule has 0 rings (SSSR count). The summed E-state index contributed by atoms with van der Waals surface area (Å²) in [4.78, 5) is 0. The molecule has 1 atom stereocenters. The Labute approximate surface area is 76.2 Å². The molecule has 11 heavy (non-hydrogen) atoms. The Hall–Kier alpha value is 0.490. The van der Waals surface area contributed by atoms with E-state index in [2.05, 4.69) is 0 Å². The zero-order valence-corrected chi connectivity index (χ0v) is 8.54. The molecule has 0 bridgehead atoms. The average Bonchev–Trinajstić information content (AvgIpc) is 1.87. The van der Waals surface area contributed by atoms with Gasteiger partial charge < -0.3 is 5.11 Å². The van der Waals surface area contributed by atoms with Crippen molar-refractivity contribution in [2.45, 2.75) is 23.6 Å². The number of aliphatic hydroxyl groups is 1. The first-order valence-corrected chi connectivity index (χ1v) is 5.44. The predicted octanol–water partition coefficient (Wildman–Crippen LogP) is 0.933. The van der Waals surface area contributed by atoms with Gasteiger partial charge in [0.1, 0.15) is 0 Å². The van der Waals surface area contributed by atoms with Crippen LogP contribution >= 0.6 is 23.2 Å². The smallest absolute Gasteiger partial charge is 0.243 e. The first kappa shape index (κ1) is 11.5. The van der Waals surface area contributed by atoms with Crippen LogP contribution in [0.4, 0.5) is 0 Å². The Morgan fingerprint density at radius 3 is 2.00 bits per heavy atom. The van der Waals surface area contributed by atoms with Crippen LogP contribution in [0.3, 0.4) is 0 Å². The highest BCUT2D eigenvalue weighted by atomic mass is 35.5. The van der Waals surface area contributed by atoms with Gasteiger partial charge in [-0.2, -0.15) is 0 Å². The van der Waals surface area contributed by atoms with E-state index in [9.17, 15) is 8.42 Å². The summed E-state index contributed by atoms with van der Waals surface area (Å²) in [5.41, 5.74) is 0. The molecule has 0 saturated heterocycles. The summed E-state index contributed by atoms with van der Waals surface area (Å²) >= 11 is 10.8. The molecule has 0 aliphatic carbocycles. The van der Waals surface area contributed by atoms with Gasteiger partial charge in [0.15, 0.2) is 9.84 Å². The largest absolute Gasteiger partial charge is 0.389 e. The quantitative estimate of drug-likeness (QED) is 0.721. The number of aliphatic hydroxyl groups excluding tert-OH is 1. The van der Waals surface area contributed by atoms with Gasteiger partial charge in [0.05, 0.1) is 11.9 Å². The topological polar surface area (TPSA) is 54.4 Å². The number of hydrogen-bond acceptors (Lipinski definition) is 3. The minimum atomic E-state index is -3.62. The molecule has 0 saturated carbocycles. The molecule has 3 nitrogen and oxygen atoms in total. The van der Waals surface area contributed by atoms with E-state index in [0.29, 0.717) is 0 Å².